The van der Waals surface area contributed by atoms with Crippen LogP contribution in [0.1, 0.15) is 17.9 Å². The summed E-state index contributed by atoms with van der Waals surface area (Å²) in [4.78, 5) is 31.2. The Hall–Kier alpha value is -3.94. The first-order valence-electron chi connectivity index (χ1n) is 9.34. The zero-order valence-corrected chi connectivity index (χ0v) is 15.4. The Morgan fingerprint density at radius 1 is 1.03 bits per heavy atom. The molecule has 3 heterocycles. The molecule has 0 saturated carbocycles. The maximum atomic E-state index is 12.5. The fourth-order valence-corrected chi connectivity index (χ4v) is 3.55. The molecule has 1 aliphatic heterocycles. The molecule has 0 spiro atoms. The lowest BCUT2D eigenvalue weighted by atomic mass is 9.98. The molecule has 2 aromatic heterocycles. The molecule has 0 aliphatic carbocycles. The standard InChI is InChI=1S/C21H18N6O2/c28-18-10-14(11-22-18)13-6-8-15(9-7-13)24-21-25-19-17(20(29)26-21)12-23-27(19)16-4-2-1-3-5-16/h1-9,12,14H,10-11H2,(H,22,28)(H2,24,25,26,29). The van der Waals surface area contributed by atoms with Crippen molar-refractivity contribution in [2.75, 3.05) is 11.9 Å². The van der Waals surface area contributed by atoms with Crippen LogP contribution in [0.2, 0.25) is 0 Å². The number of hydrogen-bond donors (Lipinski definition) is 3. The van der Waals surface area contributed by atoms with Crippen LogP contribution >= 0.6 is 0 Å². The van der Waals surface area contributed by atoms with E-state index in [4.69, 9.17) is 0 Å². The normalized spacial score (nSPS) is 16.1. The van der Waals surface area contributed by atoms with Crippen molar-refractivity contribution in [2.24, 2.45) is 0 Å². The van der Waals surface area contributed by atoms with E-state index >= 15 is 0 Å². The number of para-hydroxylation sites is 1. The number of amides is 1. The lowest BCUT2D eigenvalue weighted by Crippen LogP contribution is -2.13. The molecule has 0 radical (unpaired) electrons. The molecule has 1 amide bonds. The number of anilines is 2. The van der Waals surface area contributed by atoms with Crippen molar-refractivity contribution >= 4 is 28.6 Å². The Morgan fingerprint density at radius 3 is 2.55 bits per heavy atom. The molecule has 1 atom stereocenters. The van der Waals surface area contributed by atoms with Gasteiger partial charge in [-0.2, -0.15) is 10.1 Å². The molecule has 3 N–H and O–H groups in total. The van der Waals surface area contributed by atoms with Gasteiger partial charge in [0.15, 0.2) is 5.65 Å². The number of nitrogens with zero attached hydrogens (tertiary/aromatic N) is 3. The SMILES string of the molecule is O=C1CC(c2ccc(Nc3nc4c(cnn4-c4ccccc4)c(=O)[nH]3)cc2)CN1. The van der Waals surface area contributed by atoms with Crippen LogP contribution in [0.3, 0.4) is 0 Å². The smallest absolute Gasteiger partial charge is 0.263 e. The van der Waals surface area contributed by atoms with Gasteiger partial charge in [-0.15, -0.1) is 0 Å². The van der Waals surface area contributed by atoms with Crippen LogP contribution in [0.25, 0.3) is 16.7 Å². The van der Waals surface area contributed by atoms with Crippen LogP contribution in [0, 0.1) is 0 Å². The first-order valence-corrected chi connectivity index (χ1v) is 9.34. The monoisotopic (exact) mass is 386 g/mol. The summed E-state index contributed by atoms with van der Waals surface area (Å²) in [5.41, 5.74) is 2.95. The molecule has 5 rings (SSSR count). The minimum atomic E-state index is -0.258. The van der Waals surface area contributed by atoms with Crippen LogP contribution in [-0.2, 0) is 4.79 Å². The fourth-order valence-electron chi connectivity index (χ4n) is 3.55. The predicted molar refractivity (Wildman–Crippen MR) is 110 cm³/mol. The van der Waals surface area contributed by atoms with Crippen molar-refractivity contribution in [3.8, 4) is 5.69 Å². The van der Waals surface area contributed by atoms with Gasteiger partial charge in [-0.1, -0.05) is 30.3 Å². The highest BCUT2D eigenvalue weighted by Crippen LogP contribution is 2.25. The molecular weight excluding hydrogens is 368 g/mol. The van der Waals surface area contributed by atoms with E-state index in [2.05, 4.69) is 25.7 Å². The third-order valence-electron chi connectivity index (χ3n) is 5.06. The third-order valence-corrected chi connectivity index (χ3v) is 5.06. The number of hydrogen-bond acceptors (Lipinski definition) is 5. The summed E-state index contributed by atoms with van der Waals surface area (Å²) in [6.07, 6.45) is 2.03. The van der Waals surface area contributed by atoms with Gasteiger partial charge in [-0.05, 0) is 29.8 Å². The molecule has 0 bridgehead atoms. The average Bonchev–Trinajstić information content (AvgIpc) is 3.36. The Kier molecular flexibility index (Phi) is 4.09. The second-order valence-electron chi connectivity index (χ2n) is 7.00. The van der Waals surface area contributed by atoms with E-state index in [1.54, 1.807) is 4.68 Å². The second kappa shape index (κ2) is 6.90. The van der Waals surface area contributed by atoms with Gasteiger partial charge in [-0.3, -0.25) is 14.6 Å². The topological polar surface area (TPSA) is 105 Å². The van der Waals surface area contributed by atoms with Crippen LogP contribution in [0.4, 0.5) is 11.6 Å². The maximum absolute atomic E-state index is 12.5. The molecule has 2 aromatic carbocycles. The molecule has 4 aromatic rings. The lowest BCUT2D eigenvalue weighted by molar-refractivity contribution is -0.119. The minimum absolute atomic E-state index is 0.0855. The van der Waals surface area contributed by atoms with Crippen molar-refractivity contribution in [3.05, 3.63) is 76.7 Å². The number of aromatic amines is 1. The summed E-state index contributed by atoms with van der Waals surface area (Å²) in [5, 5.41) is 10.7. The van der Waals surface area contributed by atoms with Crippen molar-refractivity contribution < 1.29 is 4.79 Å². The number of fused-ring (bicyclic) bond motifs is 1. The summed E-state index contributed by atoms with van der Waals surface area (Å²) in [6, 6.07) is 17.3. The van der Waals surface area contributed by atoms with E-state index in [9.17, 15) is 9.59 Å². The van der Waals surface area contributed by atoms with E-state index in [1.165, 1.54) is 6.20 Å². The number of carbonyl (C=O) groups is 1. The fraction of sp³-hybridized carbons (Fsp3) is 0.143. The van der Waals surface area contributed by atoms with E-state index in [1.807, 2.05) is 54.6 Å². The summed E-state index contributed by atoms with van der Waals surface area (Å²) >= 11 is 0. The van der Waals surface area contributed by atoms with Gasteiger partial charge in [-0.25, -0.2) is 4.68 Å². The van der Waals surface area contributed by atoms with Crippen LogP contribution in [-0.4, -0.2) is 32.2 Å². The average molecular weight is 386 g/mol. The molecule has 8 heteroatoms. The maximum Gasteiger partial charge on any atom is 0.263 e. The van der Waals surface area contributed by atoms with E-state index in [0.717, 1.165) is 16.9 Å². The molecule has 1 fully saturated rings. The molecule has 1 unspecified atom stereocenters. The number of H-pyrrole nitrogens is 1. The predicted octanol–water partition coefficient (Wildman–Crippen LogP) is 2.46. The van der Waals surface area contributed by atoms with Gasteiger partial charge in [0.25, 0.3) is 5.56 Å². The van der Waals surface area contributed by atoms with Crippen LogP contribution in [0.5, 0.6) is 0 Å². The summed E-state index contributed by atoms with van der Waals surface area (Å²) in [6.45, 7) is 0.667. The molecular formula is C21H18N6O2. The van der Waals surface area contributed by atoms with E-state index in [0.29, 0.717) is 29.9 Å². The van der Waals surface area contributed by atoms with E-state index < -0.39 is 0 Å². The highest BCUT2D eigenvalue weighted by molar-refractivity contribution is 5.79. The summed E-state index contributed by atoms with van der Waals surface area (Å²) in [5.74, 6) is 0.624. The Balaban J connectivity index is 1.45. The van der Waals surface area contributed by atoms with Gasteiger partial charge in [0.1, 0.15) is 5.39 Å². The summed E-state index contributed by atoms with van der Waals surface area (Å²) in [7, 11) is 0. The van der Waals surface area contributed by atoms with Gasteiger partial charge < -0.3 is 10.6 Å². The number of nitrogens with one attached hydrogen (secondary N) is 3. The first kappa shape index (κ1) is 17.2. The third kappa shape index (κ3) is 3.25. The minimum Gasteiger partial charge on any atom is -0.355 e. The molecule has 29 heavy (non-hydrogen) atoms. The van der Waals surface area contributed by atoms with Crippen LogP contribution in [0.15, 0.2) is 65.6 Å². The second-order valence-corrected chi connectivity index (χ2v) is 7.00. The first-order chi connectivity index (χ1) is 14.2. The highest BCUT2D eigenvalue weighted by Gasteiger charge is 2.22. The van der Waals surface area contributed by atoms with Gasteiger partial charge in [0.2, 0.25) is 11.9 Å². The zero-order valence-electron chi connectivity index (χ0n) is 15.4. The highest BCUT2D eigenvalue weighted by atomic mass is 16.2. The largest absolute Gasteiger partial charge is 0.355 e. The Labute approximate surface area is 165 Å². The Bertz CT molecular complexity index is 1240. The molecule has 1 aliphatic rings. The van der Waals surface area contributed by atoms with E-state index in [-0.39, 0.29) is 17.4 Å². The van der Waals surface area contributed by atoms with Gasteiger partial charge in [0, 0.05) is 24.6 Å². The zero-order chi connectivity index (χ0) is 19.8. The Morgan fingerprint density at radius 2 is 1.83 bits per heavy atom. The molecule has 1 saturated heterocycles. The van der Waals surface area contributed by atoms with Crippen molar-refractivity contribution in [1.82, 2.24) is 25.1 Å². The number of carbonyl (C=O) groups excluding carboxylic acids is 1. The molecule has 8 nitrogen and oxygen atoms in total. The summed E-state index contributed by atoms with van der Waals surface area (Å²) < 4.78 is 1.64. The van der Waals surface area contributed by atoms with Crippen molar-refractivity contribution in [3.63, 3.8) is 0 Å². The molecule has 144 valence electrons. The van der Waals surface area contributed by atoms with Crippen molar-refractivity contribution in [1.29, 1.82) is 0 Å². The van der Waals surface area contributed by atoms with Gasteiger partial charge >= 0.3 is 0 Å². The quantitative estimate of drug-likeness (QED) is 0.500. The van der Waals surface area contributed by atoms with Crippen LogP contribution < -0.4 is 16.2 Å². The number of rotatable bonds is 4. The number of aromatic nitrogens is 4. The lowest BCUT2D eigenvalue weighted by Gasteiger charge is -2.10. The van der Waals surface area contributed by atoms with Crippen molar-refractivity contribution in [2.45, 2.75) is 12.3 Å². The van der Waals surface area contributed by atoms with Gasteiger partial charge in [0.05, 0.1) is 11.9 Å². The number of benzene rings is 2.